The average Bonchev–Trinajstić information content (AvgIpc) is 2.23. The number of benzene rings is 1. The standard InChI is InChI=1S/C13H19Br2N/c1-4-13(2,3)9-16-8-10-5-6-11(14)12(15)7-10/h5-7,16H,4,8-9H2,1-3H3. The molecule has 0 heterocycles. The first-order valence-corrected chi connectivity index (χ1v) is 7.18. The van der Waals surface area contributed by atoms with Gasteiger partial charge in [0.15, 0.2) is 0 Å². The Balaban J connectivity index is 2.46. The monoisotopic (exact) mass is 347 g/mol. The Bertz CT molecular complexity index is 348. The van der Waals surface area contributed by atoms with Crippen LogP contribution in [0.3, 0.4) is 0 Å². The Kier molecular flexibility index (Phi) is 5.48. The average molecular weight is 349 g/mol. The summed E-state index contributed by atoms with van der Waals surface area (Å²) in [6.45, 7) is 8.79. The Labute approximate surface area is 115 Å². The quantitative estimate of drug-likeness (QED) is 0.810. The van der Waals surface area contributed by atoms with E-state index in [-0.39, 0.29) is 0 Å². The highest BCUT2D eigenvalue weighted by Crippen LogP contribution is 2.24. The Morgan fingerprint density at radius 1 is 1.19 bits per heavy atom. The van der Waals surface area contributed by atoms with Crippen molar-refractivity contribution in [1.82, 2.24) is 5.32 Å². The van der Waals surface area contributed by atoms with Crippen molar-refractivity contribution in [2.45, 2.75) is 33.7 Å². The van der Waals surface area contributed by atoms with Gasteiger partial charge in [0.25, 0.3) is 0 Å². The van der Waals surface area contributed by atoms with Gasteiger partial charge in [0.1, 0.15) is 0 Å². The molecule has 0 fully saturated rings. The van der Waals surface area contributed by atoms with Crippen LogP contribution in [0.15, 0.2) is 27.1 Å². The van der Waals surface area contributed by atoms with Crippen LogP contribution in [0.4, 0.5) is 0 Å². The van der Waals surface area contributed by atoms with Crippen LogP contribution in [0.25, 0.3) is 0 Å². The second kappa shape index (κ2) is 6.18. The minimum absolute atomic E-state index is 0.382. The third-order valence-corrected chi connectivity index (χ3v) is 4.75. The van der Waals surface area contributed by atoms with E-state index < -0.39 is 0 Å². The first-order valence-electron chi connectivity index (χ1n) is 5.59. The van der Waals surface area contributed by atoms with Gasteiger partial charge >= 0.3 is 0 Å². The first-order chi connectivity index (χ1) is 7.44. The summed E-state index contributed by atoms with van der Waals surface area (Å²) < 4.78 is 2.21. The zero-order chi connectivity index (χ0) is 12.2. The lowest BCUT2D eigenvalue weighted by atomic mass is 9.90. The maximum atomic E-state index is 3.52. The number of nitrogens with one attached hydrogen (secondary N) is 1. The second-order valence-electron chi connectivity index (χ2n) is 4.87. The van der Waals surface area contributed by atoms with Crippen molar-refractivity contribution in [3.63, 3.8) is 0 Å². The Hall–Kier alpha value is 0.140. The molecule has 0 saturated carbocycles. The van der Waals surface area contributed by atoms with Crippen LogP contribution in [0.2, 0.25) is 0 Å². The van der Waals surface area contributed by atoms with Gasteiger partial charge in [0.05, 0.1) is 0 Å². The summed E-state index contributed by atoms with van der Waals surface area (Å²) in [4.78, 5) is 0. The molecule has 1 nitrogen and oxygen atoms in total. The predicted molar refractivity (Wildman–Crippen MR) is 77.6 cm³/mol. The van der Waals surface area contributed by atoms with Gasteiger partial charge in [-0.15, -0.1) is 0 Å². The molecule has 0 aliphatic heterocycles. The van der Waals surface area contributed by atoms with Crippen LogP contribution < -0.4 is 5.32 Å². The molecule has 1 aromatic carbocycles. The first kappa shape index (κ1) is 14.2. The molecule has 0 radical (unpaired) electrons. The van der Waals surface area contributed by atoms with E-state index in [4.69, 9.17) is 0 Å². The zero-order valence-corrected chi connectivity index (χ0v) is 13.3. The van der Waals surface area contributed by atoms with Gasteiger partial charge in [-0.3, -0.25) is 0 Å². The highest BCUT2D eigenvalue weighted by molar-refractivity contribution is 9.13. The molecule has 90 valence electrons. The van der Waals surface area contributed by atoms with E-state index in [0.29, 0.717) is 5.41 Å². The van der Waals surface area contributed by atoms with Gasteiger partial charge in [-0.05, 0) is 61.4 Å². The van der Waals surface area contributed by atoms with Crippen LogP contribution >= 0.6 is 31.9 Å². The third kappa shape index (κ3) is 4.56. The highest BCUT2D eigenvalue weighted by Gasteiger charge is 2.13. The molecule has 0 unspecified atom stereocenters. The van der Waals surface area contributed by atoms with Crippen LogP contribution in [-0.4, -0.2) is 6.54 Å². The smallest absolute Gasteiger partial charge is 0.0320 e. The number of hydrogen-bond acceptors (Lipinski definition) is 1. The number of halogens is 2. The molecule has 0 saturated heterocycles. The van der Waals surface area contributed by atoms with Gasteiger partial charge in [0, 0.05) is 22.0 Å². The molecule has 3 heteroatoms. The van der Waals surface area contributed by atoms with Crippen molar-refractivity contribution >= 4 is 31.9 Å². The van der Waals surface area contributed by atoms with Crippen LogP contribution in [0.1, 0.15) is 32.8 Å². The fourth-order valence-electron chi connectivity index (χ4n) is 1.32. The SMILES string of the molecule is CCC(C)(C)CNCc1ccc(Br)c(Br)c1. The van der Waals surface area contributed by atoms with Crippen molar-refractivity contribution in [1.29, 1.82) is 0 Å². The predicted octanol–water partition coefficient (Wildman–Crippen LogP) is 4.74. The van der Waals surface area contributed by atoms with E-state index in [1.165, 1.54) is 12.0 Å². The van der Waals surface area contributed by atoms with Gasteiger partial charge in [-0.25, -0.2) is 0 Å². The van der Waals surface area contributed by atoms with E-state index in [9.17, 15) is 0 Å². The molecule has 1 aromatic rings. The van der Waals surface area contributed by atoms with Crippen LogP contribution in [0, 0.1) is 5.41 Å². The summed E-state index contributed by atoms with van der Waals surface area (Å²) >= 11 is 6.99. The van der Waals surface area contributed by atoms with Crippen molar-refractivity contribution in [2.75, 3.05) is 6.54 Å². The number of rotatable bonds is 5. The summed E-state index contributed by atoms with van der Waals surface area (Å²) in [5.74, 6) is 0. The van der Waals surface area contributed by atoms with E-state index >= 15 is 0 Å². The maximum absolute atomic E-state index is 3.52. The van der Waals surface area contributed by atoms with Crippen molar-refractivity contribution in [3.8, 4) is 0 Å². The van der Waals surface area contributed by atoms with Crippen molar-refractivity contribution in [3.05, 3.63) is 32.7 Å². The molecule has 1 rings (SSSR count). The molecular formula is C13H19Br2N. The molecule has 16 heavy (non-hydrogen) atoms. The molecular weight excluding hydrogens is 330 g/mol. The van der Waals surface area contributed by atoms with E-state index in [0.717, 1.165) is 22.0 Å². The van der Waals surface area contributed by atoms with Gasteiger partial charge in [-0.1, -0.05) is 26.8 Å². The molecule has 0 atom stereocenters. The lowest BCUT2D eigenvalue weighted by Crippen LogP contribution is -2.28. The highest BCUT2D eigenvalue weighted by atomic mass is 79.9. The summed E-state index contributed by atoms with van der Waals surface area (Å²) in [6, 6.07) is 6.36. The fourth-order valence-corrected chi connectivity index (χ4v) is 1.99. The molecule has 0 amide bonds. The van der Waals surface area contributed by atoms with Crippen molar-refractivity contribution in [2.24, 2.45) is 5.41 Å². The molecule has 0 aliphatic rings. The summed E-state index contributed by atoms with van der Waals surface area (Å²) in [5, 5.41) is 3.50. The van der Waals surface area contributed by atoms with E-state index in [2.05, 4.69) is 76.1 Å². The summed E-state index contributed by atoms with van der Waals surface area (Å²) in [6.07, 6.45) is 1.20. The van der Waals surface area contributed by atoms with E-state index in [1.54, 1.807) is 0 Å². The molecule has 0 aromatic heterocycles. The molecule has 0 bridgehead atoms. The van der Waals surface area contributed by atoms with E-state index in [1.807, 2.05) is 0 Å². The minimum Gasteiger partial charge on any atom is -0.312 e. The fraction of sp³-hybridized carbons (Fsp3) is 0.538. The zero-order valence-electron chi connectivity index (χ0n) is 10.1. The Morgan fingerprint density at radius 3 is 2.44 bits per heavy atom. The lowest BCUT2D eigenvalue weighted by Gasteiger charge is -2.23. The van der Waals surface area contributed by atoms with Crippen molar-refractivity contribution < 1.29 is 0 Å². The molecule has 0 aliphatic carbocycles. The van der Waals surface area contributed by atoms with Gasteiger partial charge < -0.3 is 5.32 Å². The van der Waals surface area contributed by atoms with Gasteiger partial charge in [-0.2, -0.15) is 0 Å². The minimum atomic E-state index is 0.382. The van der Waals surface area contributed by atoms with Gasteiger partial charge in [0.2, 0.25) is 0 Å². The lowest BCUT2D eigenvalue weighted by molar-refractivity contribution is 0.327. The summed E-state index contributed by atoms with van der Waals surface area (Å²) in [7, 11) is 0. The summed E-state index contributed by atoms with van der Waals surface area (Å²) in [5.41, 5.74) is 1.69. The number of hydrogen-bond donors (Lipinski definition) is 1. The molecule has 0 spiro atoms. The maximum Gasteiger partial charge on any atom is 0.0320 e. The second-order valence-corrected chi connectivity index (χ2v) is 6.58. The topological polar surface area (TPSA) is 12.0 Å². The Morgan fingerprint density at radius 2 is 1.88 bits per heavy atom. The third-order valence-electron chi connectivity index (χ3n) is 2.87. The van der Waals surface area contributed by atoms with Crippen LogP contribution in [0.5, 0.6) is 0 Å². The largest absolute Gasteiger partial charge is 0.312 e. The normalized spacial score (nSPS) is 11.8. The molecule has 1 N–H and O–H groups in total. The van der Waals surface area contributed by atoms with Crippen LogP contribution in [-0.2, 0) is 6.54 Å².